The average molecular weight is 491 g/mol. The van der Waals surface area contributed by atoms with Crippen molar-refractivity contribution in [2.24, 2.45) is 4.99 Å². The Morgan fingerprint density at radius 3 is 2.27 bits per heavy atom. The first-order valence-corrected chi connectivity index (χ1v) is 13.9. The van der Waals surface area contributed by atoms with Crippen molar-refractivity contribution in [2.45, 2.75) is 76.4 Å². The van der Waals surface area contributed by atoms with E-state index >= 15 is 0 Å². The number of thioether (sulfide) groups is 2. The highest BCUT2D eigenvalue weighted by Crippen LogP contribution is 2.31. The van der Waals surface area contributed by atoms with Crippen LogP contribution < -0.4 is 0 Å². The molecule has 0 aromatic heterocycles. The summed E-state index contributed by atoms with van der Waals surface area (Å²) < 4.78 is 6.27. The Bertz CT molecular complexity index is 824. The predicted molar refractivity (Wildman–Crippen MR) is 136 cm³/mol. The van der Waals surface area contributed by atoms with Crippen molar-refractivity contribution in [3.63, 3.8) is 0 Å². The Morgan fingerprint density at radius 1 is 1.03 bits per heavy atom. The highest BCUT2D eigenvalue weighted by Gasteiger charge is 2.35. The van der Waals surface area contributed by atoms with Gasteiger partial charge >= 0.3 is 5.97 Å². The van der Waals surface area contributed by atoms with E-state index in [0.29, 0.717) is 30.7 Å². The number of aliphatic imine (C=N–C) groups is 1. The van der Waals surface area contributed by atoms with Gasteiger partial charge in [-0.2, -0.15) is 0 Å². The fraction of sp³-hybridized carbons (Fsp3) is 0.600. The first kappa shape index (κ1) is 25.8. The van der Waals surface area contributed by atoms with E-state index in [-0.39, 0.29) is 28.9 Å². The van der Waals surface area contributed by atoms with Crippen LogP contribution in [0.3, 0.4) is 0 Å². The van der Waals surface area contributed by atoms with Gasteiger partial charge in [0, 0.05) is 6.42 Å². The summed E-state index contributed by atoms with van der Waals surface area (Å²) in [6.07, 6.45) is 11.5. The highest BCUT2D eigenvalue weighted by molar-refractivity contribution is 8.39. The lowest BCUT2D eigenvalue weighted by atomic mass is 10.1. The summed E-state index contributed by atoms with van der Waals surface area (Å²) in [6, 6.07) is 6.89. The van der Waals surface area contributed by atoms with Gasteiger partial charge in [-0.05, 0) is 18.6 Å². The van der Waals surface area contributed by atoms with Gasteiger partial charge < -0.3 is 4.74 Å². The molecular formula is C25H34N2O4S2. The summed E-state index contributed by atoms with van der Waals surface area (Å²) in [6.45, 7) is 3.17. The van der Waals surface area contributed by atoms with Crippen LogP contribution in [0.25, 0.3) is 0 Å². The molecule has 0 radical (unpaired) electrons. The fourth-order valence-corrected chi connectivity index (χ4v) is 6.07. The monoisotopic (exact) mass is 490 g/mol. The van der Waals surface area contributed by atoms with Crippen LogP contribution in [0.4, 0.5) is 0 Å². The molecule has 0 fully saturated rings. The van der Waals surface area contributed by atoms with E-state index in [2.05, 4.69) is 11.9 Å². The molecule has 1 unspecified atom stereocenters. The molecule has 0 N–H and O–H groups in total. The average Bonchev–Trinajstić information content (AvgIpc) is 3.38. The fourth-order valence-electron chi connectivity index (χ4n) is 3.87. The maximum atomic E-state index is 12.4. The Morgan fingerprint density at radius 2 is 1.64 bits per heavy atom. The molecule has 0 saturated heterocycles. The molecule has 1 aromatic carbocycles. The molecule has 1 aromatic rings. The number of hydrogen-bond donors (Lipinski definition) is 0. The van der Waals surface area contributed by atoms with Crippen LogP contribution in [-0.2, 0) is 9.53 Å². The molecule has 1 atom stereocenters. The topological polar surface area (TPSA) is 76.0 Å². The molecule has 180 valence electrons. The highest BCUT2D eigenvalue weighted by atomic mass is 32.2. The van der Waals surface area contributed by atoms with Crippen LogP contribution in [0.5, 0.6) is 0 Å². The van der Waals surface area contributed by atoms with E-state index in [9.17, 15) is 14.4 Å². The van der Waals surface area contributed by atoms with Gasteiger partial charge in [-0.25, -0.2) is 0 Å². The van der Waals surface area contributed by atoms with Gasteiger partial charge in [0.15, 0.2) is 0 Å². The molecule has 2 amide bonds. The van der Waals surface area contributed by atoms with Crippen molar-refractivity contribution < 1.29 is 19.1 Å². The molecule has 6 nitrogen and oxygen atoms in total. The molecule has 8 heteroatoms. The molecule has 0 saturated carbocycles. The van der Waals surface area contributed by atoms with Crippen LogP contribution in [-0.4, -0.2) is 51.3 Å². The zero-order valence-electron chi connectivity index (χ0n) is 19.4. The van der Waals surface area contributed by atoms with Crippen LogP contribution in [0.1, 0.15) is 91.8 Å². The molecule has 0 spiro atoms. The third-order valence-electron chi connectivity index (χ3n) is 5.80. The number of rotatable bonds is 14. The number of unbranched alkanes of at least 4 members (excludes halogenated alkanes) is 8. The van der Waals surface area contributed by atoms with Crippen molar-refractivity contribution in [3.8, 4) is 0 Å². The summed E-state index contributed by atoms with van der Waals surface area (Å²) in [5.41, 5.74) is 0.918. The van der Waals surface area contributed by atoms with Crippen molar-refractivity contribution in [2.75, 3.05) is 19.0 Å². The molecular weight excluding hydrogens is 456 g/mol. The van der Waals surface area contributed by atoms with Crippen molar-refractivity contribution >= 4 is 45.7 Å². The quantitative estimate of drug-likeness (QED) is 0.183. The van der Waals surface area contributed by atoms with E-state index in [1.807, 2.05) is 0 Å². The number of hydrogen-bond acceptors (Lipinski definition) is 7. The largest absolute Gasteiger partial charge is 0.464 e. The second kappa shape index (κ2) is 13.8. The van der Waals surface area contributed by atoms with Gasteiger partial charge in [0.05, 0.1) is 28.8 Å². The number of imide groups is 1. The van der Waals surface area contributed by atoms with Crippen LogP contribution in [0.15, 0.2) is 29.3 Å². The van der Waals surface area contributed by atoms with Crippen molar-refractivity contribution in [1.82, 2.24) is 4.90 Å². The smallest absolute Gasteiger partial charge is 0.305 e. The third kappa shape index (κ3) is 7.88. The van der Waals surface area contributed by atoms with E-state index < -0.39 is 0 Å². The summed E-state index contributed by atoms with van der Waals surface area (Å²) in [7, 11) is 0. The minimum atomic E-state index is -0.256. The maximum Gasteiger partial charge on any atom is 0.305 e. The molecule has 0 aliphatic carbocycles. The second-order valence-corrected chi connectivity index (χ2v) is 10.9. The molecule has 2 aliphatic heterocycles. The number of carbonyl (C=O) groups excluding carboxylic acids is 3. The van der Waals surface area contributed by atoms with Crippen LogP contribution in [0, 0.1) is 0 Å². The summed E-state index contributed by atoms with van der Waals surface area (Å²) in [5.74, 6) is -0.406. The molecule has 3 rings (SSSR count). The molecule has 2 aliphatic rings. The standard InChI is InChI=1S/C25H34N2O4S2/c1-2-3-4-5-6-7-8-9-10-15-22(28)31-17-19-16-26-25(33-19)32-18-27-23(29)20-13-11-12-14-21(20)24(27)30/h11-14,19H,2-10,15-18H2,1H3. The van der Waals surface area contributed by atoms with E-state index in [4.69, 9.17) is 4.74 Å². The summed E-state index contributed by atoms with van der Waals surface area (Å²) in [4.78, 5) is 42.6. The zero-order valence-corrected chi connectivity index (χ0v) is 21.1. The van der Waals surface area contributed by atoms with E-state index in [1.54, 1.807) is 36.0 Å². The second-order valence-electron chi connectivity index (χ2n) is 8.47. The van der Waals surface area contributed by atoms with Gasteiger partial charge in [-0.3, -0.25) is 24.3 Å². The first-order chi connectivity index (χ1) is 16.1. The first-order valence-electron chi connectivity index (χ1n) is 12.0. The lowest BCUT2D eigenvalue weighted by molar-refractivity contribution is -0.143. The number of amides is 2. The van der Waals surface area contributed by atoms with Crippen molar-refractivity contribution in [3.05, 3.63) is 35.4 Å². The SMILES string of the molecule is CCCCCCCCCCCC(=O)OCC1CN=C(SCN2C(=O)c3ccccc3C2=O)S1. The van der Waals surface area contributed by atoms with Crippen LogP contribution in [0.2, 0.25) is 0 Å². The normalized spacial score (nSPS) is 17.4. The van der Waals surface area contributed by atoms with Gasteiger partial charge in [0.25, 0.3) is 11.8 Å². The third-order valence-corrected chi connectivity index (χ3v) is 8.16. The Kier molecular flexibility index (Phi) is 10.8. The number of nitrogens with zero attached hydrogens (tertiary/aromatic N) is 2. The maximum absolute atomic E-state index is 12.4. The number of carbonyl (C=O) groups is 3. The minimum absolute atomic E-state index is 0.0988. The Hall–Kier alpha value is -1.80. The van der Waals surface area contributed by atoms with Gasteiger partial charge in [0.2, 0.25) is 0 Å². The Balaban J connectivity index is 1.23. The lowest BCUT2D eigenvalue weighted by Crippen LogP contribution is -2.29. The number of ether oxygens (including phenoxy) is 1. The van der Waals surface area contributed by atoms with Crippen molar-refractivity contribution in [1.29, 1.82) is 0 Å². The van der Waals surface area contributed by atoms with Gasteiger partial charge in [-0.15, -0.1) is 0 Å². The molecule has 33 heavy (non-hydrogen) atoms. The lowest BCUT2D eigenvalue weighted by Gasteiger charge is -2.13. The molecule has 0 bridgehead atoms. The number of fused-ring (bicyclic) bond motifs is 1. The van der Waals surface area contributed by atoms with Gasteiger partial charge in [-0.1, -0.05) is 93.9 Å². The van der Waals surface area contributed by atoms with Crippen LogP contribution >= 0.6 is 23.5 Å². The predicted octanol–water partition coefficient (Wildman–Crippen LogP) is 5.91. The summed E-state index contributed by atoms with van der Waals surface area (Å²) in [5, 5.41) is 0.0988. The number of esters is 1. The number of benzene rings is 1. The minimum Gasteiger partial charge on any atom is -0.464 e. The zero-order chi connectivity index (χ0) is 23.5. The van der Waals surface area contributed by atoms with Gasteiger partial charge in [0.1, 0.15) is 11.0 Å². The Labute approximate surface area is 205 Å². The molecule has 2 heterocycles. The van der Waals surface area contributed by atoms with E-state index in [0.717, 1.165) is 17.2 Å². The summed E-state index contributed by atoms with van der Waals surface area (Å²) >= 11 is 2.93. The van der Waals surface area contributed by atoms with E-state index in [1.165, 1.54) is 61.6 Å².